The second-order valence-electron chi connectivity index (χ2n) is 27.9. The lowest BCUT2D eigenvalue weighted by atomic mass is 9.87. The largest absolute Gasteiger partial charge is 0.326 e. The molecule has 0 saturated carbocycles. The van der Waals surface area contributed by atoms with Crippen LogP contribution < -0.4 is 10.7 Å². The Morgan fingerprint density at radius 3 is 0.931 bits per heavy atom. The van der Waals surface area contributed by atoms with Gasteiger partial charge < -0.3 is 9.13 Å². The maximum absolute atomic E-state index is 5.22. The summed E-state index contributed by atoms with van der Waals surface area (Å²) in [6.07, 6.45) is 7.87. The summed E-state index contributed by atoms with van der Waals surface area (Å²) in [5.74, 6) is 39.0. The minimum absolute atomic E-state index is 0.213. The molecule has 1 unspecified atom stereocenters. The van der Waals surface area contributed by atoms with E-state index < -0.39 is 0 Å². The molecule has 0 saturated heterocycles. The molecule has 102 heavy (non-hydrogen) atoms. The van der Waals surface area contributed by atoms with Crippen molar-refractivity contribution >= 4 is 62.0 Å². The molecule has 7 nitrogen and oxygen atoms in total. The van der Waals surface area contributed by atoms with E-state index in [0.29, 0.717) is 0 Å². The van der Waals surface area contributed by atoms with Gasteiger partial charge in [-0.05, 0) is 363 Å². The number of fused-ring (bicyclic) bond motifs is 8. The second-order valence-corrected chi connectivity index (χ2v) is 27.9. The van der Waals surface area contributed by atoms with E-state index in [-0.39, 0.29) is 6.04 Å². The molecule has 0 N–H and O–H groups in total. The average Bonchev–Trinajstić information content (AvgIpc) is 1.17. The first kappa shape index (κ1) is 75.5. The number of hydrogen-bond donors (Lipinski definition) is 0. The van der Waals surface area contributed by atoms with Crippen LogP contribution in [0.3, 0.4) is 0 Å². The first-order chi connectivity index (χ1) is 48.4. The lowest BCUT2D eigenvalue weighted by Crippen LogP contribution is -2.33. The summed E-state index contributed by atoms with van der Waals surface area (Å²) in [7, 11) is 0. The van der Waals surface area contributed by atoms with Crippen molar-refractivity contribution in [3.63, 3.8) is 0 Å². The molecule has 0 spiro atoms. The van der Waals surface area contributed by atoms with Gasteiger partial charge in [0.15, 0.2) is 0 Å². The lowest BCUT2D eigenvalue weighted by molar-refractivity contribution is 0.552. The summed E-state index contributed by atoms with van der Waals surface area (Å²) in [5, 5.41) is 10.8. The van der Waals surface area contributed by atoms with Crippen molar-refractivity contribution in [2.45, 2.75) is 220 Å². The van der Waals surface area contributed by atoms with Crippen molar-refractivity contribution in [1.29, 1.82) is 0 Å². The molecule has 13 rings (SSSR count). The third-order valence-electron chi connectivity index (χ3n) is 21.9. The van der Waals surface area contributed by atoms with Crippen molar-refractivity contribution in [1.82, 2.24) is 24.1 Å². The van der Waals surface area contributed by atoms with Gasteiger partial charge in [-0.1, -0.05) is 71.9 Å². The maximum atomic E-state index is 5.22. The lowest BCUT2D eigenvalue weighted by Gasteiger charge is -2.19. The molecule has 516 valence electrons. The summed E-state index contributed by atoms with van der Waals surface area (Å²) >= 11 is 0. The van der Waals surface area contributed by atoms with Gasteiger partial charge in [-0.25, -0.2) is 19.9 Å². The Kier molecular flexibility index (Phi) is 23.0. The Morgan fingerprint density at radius 2 is 0.627 bits per heavy atom. The number of allylic oxidation sites excluding steroid dienone is 3. The van der Waals surface area contributed by atoms with E-state index in [1.54, 1.807) is 41.5 Å². The highest BCUT2D eigenvalue weighted by molar-refractivity contribution is 6.26. The van der Waals surface area contributed by atoms with Gasteiger partial charge in [-0.15, -0.1) is 35.5 Å². The van der Waals surface area contributed by atoms with Crippen molar-refractivity contribution in [3.05, 3.63) is 226 Å². The molecular formula is C95H101N7. The Balaban J connectivity index is 0.000000158. The molecule has 0 fully saturated rings. The van der Waals surface area contributed by atoms with Crippen LogP contribution in [0.25, 0.3) is 50.5 Å². The second kappa shape index (κ2) is 31.1. The van der Waals surface area contributed by atoms with Crippen LogP contribution >= 0.6 is 0 Å². The van der Waals surface area contributed by atoms with Gasteiger partial charge in [0.05, 0.1) is 63.2 Å². The minimum atomic E-state index is 0.213. The fourth-order valence-corrected chi connectivity index (χ4v) is 14.3. The van der Waals surface area contributed by atoms with Gasteiger partial charge in [0, 0.05) is 28.5 Å². The molecule has 6 aromatic carbocycles. The van der Waals surface area contributed by atoms with Crippen molar-refractivity contribution < 1.29 is 0 Å². The van der Waals surface area contributed by atoms with Gasteiger partial charge in [0.2, 0.25) is 0 Å². The summed E-state index contributed by atoms with van der Waals surface area (Å²) < 4.78 is 5.02. The molecule has 0 radical (unpaired) electrons. The van der Waals surface area contributed by atoms with Gasteiger partial charge in [-0.2, -0.15) is 0 Å². The monoisotopic (exact) mass is 1340 g/mol. The van der Waals surface area contributed by atoms with E-state index in [4.69, 9.17) is 9.98 Å². The van der Waals surface area contributed by atoms with E-state index in [1.165, 1.54) is 166 Å². The standard InChI is InChI=1S/C29H32N4.C24H24.C24H18.C12H18.C6H9N3/c1-14-15(2)23-10-27-20(7)21(8)29-12-25-17(4)16(3)24(31-25)11-28-19(6)18(5)26(9-22(14)30-23)32(28)13-33(27)29;1-13-7-19-20(8-14(13)2)22-10-16(4)18(6)12-24(22)23-11-17(5)15(3)9-21(19)23;1-7-13-19-20(14-8-2)22(16-10-4)24(18-12-6)23(17-11-5)21(19)15-9-3;1-7-8(2)10(4)12(6)11(5)9(7)3;1-4-7-5(2)9-6(3)8-4/h9-11,25H,12-13H2,1-8H3;7-12H,1-6H3;1-6H3;1-6H3;1-3H3/b23-10-,26-9-,28-11-;;;;. The number of nitrogens with zero attached hydrogens (tertiary/aromatic N) is 7. The highest BCUT2D eigenvalue weighted by Crippen LogP contribution is 2.40. The molecule has 1 atom stereocenters. The Morgan fingerprint density at radius 1 is 0.324 bits per heavy atom. The SMILES string of the molecule is CC#Cc1c(C#CC)c(C#CC)c(C#CC)c(C#CC)c1C#CC.CC1=C(C)/C2=C/c3c(C)c(C)c4n3Cn3/c(c(C)c(C)/c3=C/C3=NC(C4)C(C)=C3C)=C\C1=N2.Cc1c(C)c(C)c(C)c(C)c1C.Cc1cc2c3cc(C)c(C)cc3c3cc(C)c(C)cc3c2cc1C.Cc1nc(C)nc(C)n1. The third-order valence-corrected chi connectivity index (χ3v) is 21.9. The fraction of sp³-hybridized carbons (Fsp3) is 0.337. The highest BCUT2D eigenvalue weighted by Gasteiger charge is 2.30. The summed E-state index contributed by atoms with van der Waals surface area (Å²) in [5.41, 5.74) is 38.2. The molecular weight excluding hydrogens is 1240 g/mol. The van der Waals surface area contributed by atoms with Crippen LogP contribution in [0.15, 0.2) is 74.4 Å². The first-order valence-electron chi connectivity index (χ1n) is 35.5. The number of aliphatic imine (C=N–C) groups is 2. The quantitative estimate of drug-likeness (QED) is 0.112. The highest BCUT2D eigenvalue weighted by atomic mass is 15.2. The van der Waals surface area contributed by atoms with Crippen LogP contribution in [-0.2, 0) is 13.1 Å². The van der Waals surface area contributed by atoms with Crippen LogP contribution in [0.2, 0.25) is 0 Å². The van der Waals surface area contributed by atoms with Crippen LogP contribution in [0.4, 0.5) is 0 Å². The predicted molar refractivity (Wildman–Crippen MR) is 437 cm³/mol. The van der Waals surface area contributed by atoms with E-state index in [1.807, 2.05) is 20.8 Å². The van der Waals surface area contributed by atoms with Gasteiger partial charge >= 0.3 is 0 Å². The predicted octanol–water partition coefficient (Wildman–Crippen LogP) is 19.7. The van der Waals surface area contributed by atoms with Gasteiger partial charge in [0.1, 0.15) is 17.5 Å². The zero-order chi connectivity index (χ0) is 74.8. The van der Waals surface area contributed by atoms with Gasteiger partial charge in [0.25, 0.3) is 0 Å². The van der Waals surface area contributed by atoms with E-state index >= 15 is 0 Å². The van der Waals surface area contributed by atoms with E-state index in [9.17, 15) is 0 Å². The number of aryl methyl sites for hydroxylation is 9. The molecule has 0 aliphatic carbocycles. The molecule has 4 aliphatic heterocycles. The third kappa shape index (κ3) is 14.5. The Bertz CT molecular complexity index is 5140. The number of rotatable bonds is 0. The average molecular weight is 1340 g/mol. The molecule has 7 heterocycles. The molecule has 4 aliphatic rings. The van der Waals surface area contributed by atoms with Crippen LogP contribution in [0.5, 0.6) is 0 Å². The molecule has 0 amide bonds. The van der Waals surface area contributed by atoms with Crippen LogP contribution in [-0.4, -0.2) is 41.6 Å². The molecule has 6 bridgehead atoms. The van der Waals surface area contributed by atoms with Gasteiger partial charge in [-0.3, -0.25) is 4.99 Å². The van der Waals surface area contributed by atoms with Crippen molar-refractivity contribution in [3.8, 4) is 71.0 Å². The minimum Gasteiger partial charge on any atom is -0.326 e. The van der Waals surface area contributed by atoms with Crippen LogP contribution in [0.1, 0.15) is 220 Å². The zero-order valence-corrected chi connectivity index (χ0v) is 66.3. The van der Waals surface area contributed by atoms with Crippen LogP contribution in [0, 0.1) is 203 Å². The zero-order valence-electron chi connectivity index (χ0n) is 66.3. The summed E-state index contributed by atoms with van der Waals surface area (Å²) in [6, 6.07) is 14.4. The Labute approximate surface area is 609 Å². The topological polar surface area (TPSA) is 73.2 Å². The summed E-state index contributed by atoms with van der Waals surface area (Å²) in [4.78, 5) is 22.4. The number of aromatic nitrogens is 5. The first-order valence-corrected chi connectivity index (χ1v) is 35.5. The van der Waals surface area contributed by atoms with Crippen molar-refractivity contribution in [2.24, 2.45) is 9.98 Å². The molecule has 9 aromatic rings. The van der Waals surface area contributed by atoms with E-state index in [2.05, 4.69) is 288 Å². The maximum Gasteiger partial charge on any atom is 0.129 e. The molecule has 7 heteroatoms. The number of benzene rings is 6. The van der Waals surface area contributed by atoms with E-state index in [0.717, 1.165) is 81.1 Å². The summed E-state index contributed by atoms with van der Waals surface area (Å²) in [6.45, 7) is 61.7. The Hall–Kier alpha value is -10.7. The number of hydrogen-bond acceptors (Lipinski definition) is 5. The normalized spacial score (nSPS) is 14.5. The smallest absolute Gasteiger partial charge is 0.129 e. The van der Waals surface area contributed by atoms with Crippen molar-refractivity contribution in [2.75, 3.05) is 0 Å². The fourth-order valence-electron chi connectivity index (χ4n) is 14.3. The molecule has 3 aromatic heterocycles.